The summed E-state index contributed by atoms with van der Waals surface area (Å²) < 4.78 is 45.2. The van der Waals surface area contributed by atoms with E-state index in [1.807, 2.05) is 29.2 Å². The Morgan fingerprint density at radius 3 is 2.68 bits per heavy atom. The fourth-order valence-corrected chi connectivity index (χ4v) is 4.41. The number of benzene rings is 1. The molecule has 6 nitrogen and oxygen atoms in total. The van der Waals surface area contributed by atoms with E-state index in [2.05, 4.69) is 22.2 Å². The average molecular weight is 498 g/mol. The van der Waals surface area contributed by atoms with Crippen molar-refractivity contribution in [2.24, 2.45) is 4.99 Å². The van der Waals surface area contributed by atoms with E-state index >= 15 is 0 Å². The molecule has 0 spiro atoms. The lowest BCUT2D eigenvalue weighted by Gasteiger charge is -2.40. The summed E-state index contributed by atoms with van der Waals surface area (Å²) in [6, 6.07) is 7.57. The van der Waals surface area contributed by atoms with Gasteiger partial charge in [0.25, 0.3) is 0 Å². The molecule has 3 heterocycles. The van der Waals surface area contributed by atoms with Crippen molar-refractivity contribution in [2.75, 3.05) is 45.7 Å². The van der Waals surface area contributed by atoms with E-state index in [-0.39, 0.29) is 36.5 Å². The zero-order valence-corrected chi connectivity index (χ0v) is 19.4. The van der Waals surface area contributed by atoms with Crippen LogP contribution in [0.4, 0.5) is 29.5 Å². The van der Waals surface area contributed by atoms with Crippen LogP contribution in [0, 0.1) is 0 Å². The van der Waals surface area contributed by atoms with Crippen molar-refractivity contribution in [3.63, 3.8) is 0 Å². The van der Waals surface area contributed by atoms with Crippen LogP contribution in [0.2, 0.25) is 0 Å². The molecule has 0 saturated carbocycles. The summed E-state index contributed by atoms with van der Waals surface area (Å²) in [4.78, 5) is 13.0. The van der Waals surface area contributed by atoms with Crippen LogP contribution >= 0.6 is 36.2 Å². The molecule has 1 unspecified atom stereocenters. The number of rotatable bonds is 3. The van der Waals surface area contributed by atoms with Gasteiger partial charge in [-0.2, -0.15) is 13.2 Å². The fraction of sp³-hybridized carbons (Fsp3) is 0.474. The first kappa shape index (κ1) is 25.7. The molecule has 2 aromatic rings. The molecular formula is C19H24Cl2F3N5OS. The van der Waals surface area contributed by atoms with Gasteiger partial charge in [0.05, 0.1) is 11.4 Å². The number of likely N-dealkylation sites (N-methyl/N-ethyl adjacent to an activating group) is 1. The predicted octanol–water partition coefficient (Wildman–Crippen LogP) is 4.79. The maximum absolute atomic E-state index is 13.3. The van der Waals surface area contributed by atoms with Gasteiger partial charge in [-0.1, -0.05) is 23.5 Å². The SMILES string of the molecule is COCCC1CN(C2=Nc3ccccc3Nc3sc(C(F)(F)F)nc32)CCN1C.Cl.Cl. The van der Waals surface area contributed by atoms with Crippen LogP contribution in [0.5, 0.6) is 0 Å². The zero-order valence-electron chi connectivity index (χ0n) is 17.0. The molecule has 0 radical (unpaired) electrons. The number of fused-ring (bicyclic) bond motifs is 2. The highest BCUT2D eigenvalue weighted by Crippen LogP contribution is 2.42. The van der Waals surface area contributed by atoms with Crippen LogP contribution < -0.4 is 5.32 Å². The molecule has 1 fully saturated rings. The van der Waals surface area contributed by atoms with Crippen molar-refractivity contribution >= 4 is 58.4 Å². The second-order valence-corrected chi connectivity index (χ2v) is 8.13. The number of halogens is 5. The van der Waals surface area contributed by atoms with Crippen LogP contribution in [-0.2, 0) is 10.9 Å². The van der Waals surface area contributed by atoms with Gasteiger partial charge in [-0.05, 0) is 25.6 Å². The van der Waals surface area contributed by atoms with E-state index in [0.717, 1.165) is 13.0 Å². The maximum Gasteiger partial charge on any atom is 0.443 e. The number of hydrogen-bond donors (Lipinski definition) is 1. The summed E-state index contributed by atoms with van der Waals surface area (Å²) in [6.07, 6.45) is -3.66. The largest absolute Gasteiger partial charge is 0.443 e. The van der Waals surface area contributed by atoms with E-state index in [1.54, 1.807) is 7.11 Å². The quantitative estimate of drug-likeness (QED) is 0.660. The van der Waals surface area contributed by atoms with Gasteiger partial charge in [0, 0.05) is 39.4 Å². The Labute approximate surface area is 195 Å². The van der Waals surface area contributed by atoms with Gasteiger partial charge in [-0.3, -0.25) is 4.90 Å². The Bertz CT molecular complexity index is 924. The number of aliphatic imine (C=N–C) groups is 1. The number of nitrogens with zero attached hydrogens (tertiary/aromatic N) is 4. The number of thiazole rings is 1. The predicted molar refractivity (Wildman–Crippen MR) is 122 cm³/mol. The molecule has 0 amide bonds. The van der Waals surface area contributed by atoms with E-state index in [9.17, 15) is 13.2 Å². The first-order valence-electron chi connectivity index (χ1n) is 9.34. The highest BCUT2D eigenvalue weighted by atomic mass is 35.5. The fourth-order valence-electron chi connectivity index (χ4n) is 3.57. The molecule has 2 aliphatic heterocycles. The average Bonchev–Trinajstić information content (AvgIpc) is 3.04. The number of nitrogens with one attached hydrogen (secondary N) is 1. The summed E-state index contributed by atoms with van der Waals surface area (Å²) in [6.45, 7) is 2.73. The third kappa shape index (κ3) is 5.43. The molecule has 1 saturated heterocycles. The molecular weight excluding hydrogens is 474 g/mol. The molecule has 2 aliphatic rings. The van der Waals surface area contributed by atoms with Crippen molar-refractivity contribution in [3.8, 4) is 0 Å². The van der Waals surface area contributed by atoms with Gasteiger partial charge in [-0.25, -0.2) is 9.98 Å². The van der Waals surface area contributed by atoms with Gasteiger partial charge in [-0.15, -0.1) is 24.8 Å². The lowest BCUT2D eigenvalue weighted by Crippen LogP contribution is -2.53. The highest BCUT2D eigenvalue weighted by molar-refractivity contribution is 7.16. The van der Waals surface area contributed by atoms with Gasteiger partial charge in [0.1, 0.15) is 10.7 Å². The number of piperazine rings is 1. The number of aromatic nitrogens is 1. The molecule has 0 bridgehead atoms. The van der Waals surface area contributed by atoms with Crippen molar-refractivity contribution < 1.29 is 17.9 Å². The van der Waals surface area contributed by atoms with Crippen molar-refractivity contribution in [1.29, 1.82) is 0 Å². The molecule has 0 aliphatic carbocycles. The Kier molecular flexibility index (Phi) is 8.57. The molecule has 1 aromatic heterocycles. The smallest absolute Gasteiger partial charge is 0.385 e. The number of ether oxygens (including phenoxy) is 1. The van der Waals surface area contributed by atoms with Gasteiger partial charge in [0.2, 0.25) is 5.01 Å². The van der Waals surface area contributed by atoms with Crippen molar-refractivity contribution in [2.45, 2.75) is 18.6 Å². The number of para-hydroxylation sites is 2. The summed E-state index contributed by atoms with van der Waals surface area (Å²) in [5, 5.41) is 2.60. The Morgan fingerprint density at radius 1 is 1.23 bits per heavy atom. The number of methoxy groups -OCH3 is 1. The van der Waals surface area contributed by atoms with E-state index in [4.69, 9.17) is 9.73 Å². The number of hydrogen-bond acceptors (Lipinski definition) is 7. The Balaban J connectivity index is 0.00000171. The number of alkyl halides is 3. The molecule has 1 aromatic carbocycles. The third-order valence-electron chi connectivity index (χ3n) is 5.19. The zero-order chi connectivity index (χ0) is 20.6. The van der Waals surface area contributed by atoms with Crippen LogP contribution in [-0.4, -0.2) is 67.1 Å². The topological polar surface area (TPSA) is 53.0 Å². The second-order valence-electron chi connectivity index (χ2n) is 7.13. The first-order chi connectivity index (χ1) is 13.9. The minimum absolute atomic E-state index is 0. The summed E-state index contributed by atoms with van der Waals surface area (Å²) in [5.74, 6) is 0.486. The van der Waals surface area contributed by atoms with Crippen LogP contribution in [0.1, 0.15) is 17.1 Å². The molecule has 1 atom stereocenters. The molecule has 172 valence electrons. The lowest BCUT2D eigenvalue weighted by atomic mass is 10.1. The number of anilines is 2. The summed E-state index contributed by atoms with van der Waals surface area (Å²) in [5.41, 5.74) is 1.62. The van der Waals surface area contributed by atoms with Gasteiger partial charge < -0.3 is 15.0 Å². The lowest BCUT2D eigenvalue weighted by molar-refractivity contribution is -0.137. The Morgan fingerprint density at radius 2 is 1.97 bits per heavy atom. The summed E-state index contributed by atoms with van der Waals surface area (Å²) in [7, 11) is 3.72. The second kappa shape index (κ2) is 10.4. The third-order valence-corrected chi connectivity index (χ3v) is 6.21. The van der Waals surface area contributed by atoms with Crippen molar-refractivity contribution in [3.05, 3.63) is 35.0 Å². The maximum atomic E-state index is 13.3. The minimum atomic E-state index is -4.49. The minimum Gasteiger partial charge on any atom is -0.385 e. The number of amidine groups is 1. The standard InChI is InChI=1S/C19H22F3N5OS.2ClH/c1-26-8-9-27(11-12(26)7-10-28-2)16-15-17(29-18(25-15)19(20,21)22)24-14-6-4-3-5-13(14)23-16;;/h3-6,12,24H,7-11H2,1-2H3;2*1H. The van der Waals surface area contributed by atoms with Crippen molar-refractivity contribution in [1.82, 2.24) is 14.8 Å². The van der Waals surface area contributed by atoms with E-state index in [0.29, 0.717) is 53.2 Å². The van der Waals surface area contributed by atoms with Gasteiger partial charge >= 0.3 is 6.18 Å². The molecule has 31 heavy (non-hydrogen) atoms. The van der Waals surface area contributed by atoms with E-state index < -0.39 is 11.2 Å². The first-order valence-corrected chi connectivity index (χ1v) is 10.2. The monoisotopic (exact) mass is 497 g/mol. The van der Waals surface area contributed by atoms with Crippen LogP contribution in [0.25, 0.3) is 0 Å². The molecule has 1 N–H and O–H groups in total. The normalized spacial score (nSPS) is 18.5. The van der Waals surface area contributed by atoms with Gasteiger partial charge in [0.15, 0.2) is 5.84 Å². The molecule has 12 heteroatoms. The van der Waals surface area contributed by atoms with E-state index in [1.165, 1.54) is 0 Å². The molecule has 4 rings (SSSR count). The van der Waals surface area contributed by atoms with Crippen LogP contribution in [0.15, 0.2) is 29.3 Å². The Hall–Kier alpha value is -1.59. The van der Waals surface area contributed by atoms with Crippen LogP contribution in [0.3, 0.4) is 0 Å². The summed E-state index contributed by atoms with van der Waals surface area (Å²) >= 11 is 0.617. The highest BCUT2D eigenvalue weighted by Gasteiger charge is 2.39.